The highest BCUT2D eigenvalue weighted by Crippen LogP contribution is 2.27. The molecule has 5 nitrogen and oxygen atoms in total. The van der Waals surface area contributed by atoms with Crippen LogP contribution in [-0.4, -0.2) is 49.8 Å². The minimum absolute atomic E-state index is 0.434. The van der Waals surface area contributed by atoms with Gasteiger partial charge in [0.25, 0.3) is 0 Å². The van der Waals surface area contributed by atoms with E-state index in [9.17, 15) is 9.90 Å². The van der Waals surface area contributed by atoms with E-state index in [-0.39, 0.29) is 0 Å². The van der Waals surface area contributed by atoms with Gasteiger partial charge in [0.15, 0.2) is 0 Å². The Bertz CT molecular complexity index is 1050. The molecule has 0 aliphatic carbocycles. The largest absolute Gasteiger partial charge is 0.493 e. The van der Waals surface area contributed by atoms with E-state index in [1.165, 1.54) is 128 Å². The standard InChI is InChI=1S/C49H83NO4/c1-5-7-9-11-13-15-17-19-21-23-25-27-29-31-33-35-39-53-47-42-45(41-46(49(51)52)37-38-50(3)4)43-48(44-47)54-40-36-34-32-30-28-26-24-22-20-18-16-14-12-10-8-6-2/h13-16,19-22,42-44,46H,5-12,17-18,23-41H2,1-4H3,(H,51,52)/b15-13-,16-14-,21-19-,22-20-. The Labute approximate surface area is 333 Å². The molecule has 0 aliphatic heterocycles. The van der Waals surface area contributed by atoms with Gasteiger partial charge in [-0.3, -0.25) is 4.79 Å². The summed E-state index contributed by atoms with van der Waals surface area (Å²) < 4.78 is 12.5. The van der Waals surface area contributed by atoms with Crippen molar-refractivity contribution in [2.75, 3.05) is 33.9 Å². The summed E-state index contributed by atoms with van der Waals surface area (Å²) >= 11 is 0. The zero-order chi connectivity index (χ0) is 39.2. The van der Waals surface area contributed by atoms with Crippen LogP contribution in [0.4, 0.5) is 0 Å². The van der Waals surface area contributed by atoms with Crippen LogP contribution in [0, 0.1) is 5.92 Å². The molecule has 0 bridgehead atoms. The van der Waals surface area contributed by atoms with Crippen molar-refractivity contribution in [3.05, 3.63) is 72.4 Å². The lowest BCUT2D eigenvalue weighted by Crippen LogP contribution is -2.23. The molecule has 0 heterocycles. The lowest BCUT2D eigenvalue weighted by atomic mass is 9.95. The Morgan fingerprint density at radius 3 is 1.35 bits per heavy atom. The summed E-state index contributed by atoms with van der Waals surface area (Å²) in [6.07, 6.45) is 49.0. The number of unbranched alkanes of at least 4 members (excludes halogenated alkanes) is 18. The Hall–Kier alpha value is -2.79. The van der Waals surface area contributed by atoms with E-state index >= 15 is 0 Å². The van der Waals surface area contributed by atoms with Gasteiger partial charge in [0, 0.05) is 6.07 Å². The third-order valence-electron chi connectivity index (χ3n) is 9.92. The van der Waals surface area contributed by atoms with Gasteiger partial charge in [0.1, 0.15) is 11.5 Å². The maximum absolute atomic E-state index is 12.1. The second kappa shape index (κ2) is 37.1. The summed E-state index contributed by atoms with van der Waals surface area (Å²) in [5.74, 6) is 0.405. The fourth-order valence-electron chi connectivity index (χ4n) is 6.49. The topological polar surface area (TPSA) is 59.0 Å². The smallest absolute Gasteiger partial charge is 0.306 e. The van der Waals surface area contributed by atoms with Gasteiger partial charge in [-0.1, -0.05) is 140 Å². The van der Waals surface area contributed by atoms with E-state index in [4.69, 9.17) is 9.47 Å². The van der Waals surface area contributed by atoms with Crippen LogP contribution in [0.1, 0.15) is 180 Å². The van der Waals surface area contributed by atoms with Gasteiger partial charge in [-0.05, 0) is 128 Å². The zero-order valence-electron chi connectivity index (χ0n) is 35.6. The number of hydrogen-bond donors (Lipinski definition) is 1. The van der Waals surface area contributed by atoms with Crippen LogP contribution in [0.2, 0.25) is 0 Å². The van der Waals surface area contributed by atoms with Crippen LogP contribution in [0.25, 0.3) is 0 Å². The minimum atomic E-state index is -0.742. The summed E-state index contributed by atoms with van der Waals surface area (Å²) in [6.45, 7) is 6.60. The molecular weight excluding hydrogens is 667 g/mol. The predicted molar refractivity (Wildman–Crippen MR) is 234 cm³/mol. The summed E-state index contributed by atoms with van der Waals surface area (Å²) in [5.41, 5.74) is 0.975. The Morgan fingerprint density at radius 2 is 0.963 bits per heavy atom. The van der Waals surface area contributed by atoms with E-state index in [2.05, 4.69) is 62.5 Å². The third-order valence-corrected chi connectivity index (χ3v) is 9.92. The lowest BCUT2D eigenvalue weighted by Gasteiger charge is -2.17. The number of allylic oxidation sites excluding steroid dienone is 8. The van der Waals surface area contributed by atoms with Crippen molar-refractivity contribution >= 4 is 5.97 Å². The van der Waals surface area contributed by atoms with Crippen molar-refractivity contribution in [2.45, 2.75) is 181 Å². The van der Waals surface area contributed by atoms with Gasteiger partial charge in [-0.25, -0.2) is 0 Å². The molecule has 54 heavy (non-hydrogen) atoms. The van der Waals surface area contributed by atoms with E-state index in [1.54, 1.807) is 0 Å². The van der Waals surface area contributed by atoms with E-state index < -0.39 is 11.9 Å². The maximum Gasteiger partial charge on any atom is 0.306 e. The number of aliphatic carboxylic acids is 1. The Morgan fingerprint density at radius 1 is 0.574 bits per heavy atom. The number of rotatable bonds is 38. The van der Waals surface area contributed by atoms with E-state index in [0.717, 1.165) is 49.3 Å². The predicted octanol–water partition coefficient (Wildman–Crippen LogP) is 14.3. The van der Waals surface area contributed by atoms with Crippen LogP contribution < -0.4 is 9.47 Å². The molecule has 0 aliphatic rings. The number of nitrogens with zero attached hydrogens (tertiary/aromatic N) is 1. The van der Waals surface area contributed by atoms with Crippen LogP contribution >= 0.6 is 0 Å². The minimum Gasteiger partial charge on any atom is -0.493 e. The summed E-state index contributed by atoms with van der Waals surface area (Å²) in [5, 5.41) is 9.93. The molecule has 0 spiro atoms. The van der Waals surface area contributed by atoms with Crippen LogP contribution in [0.15, 0.2) is 66.8 Å². The first-order valence-corrected chi connectivity index (χ1v) is 22.3. The van der Waals surface area contributed by atoms with Crippen LogP contribution in [0.3, 0.4) is 0 Å². The molecule has 1 atom stereocenters. The average molecular weight is 750 g/mol. The number of carboxylic acid groups (broad SMARTS) is 1. The molecule has 5 heteroatoms. The molecule has 0 amide bonds. The molecule has 0 radical (unpaired) electrons. The van der Waals surface area contributed by atoms with Crippen molar-refractivity contribution in [2.24, 2.45) is 5.92 Å². The number of carboxylic acids is 1. The quantitative estimate of drug-likeness (QED) is 0.0539. The van der Waals surface area contributed by atoms with Gasteiger partial charge in [-0.2, -0.15) is 0 Å². The number of carbonyl (C=O) groups is 1. The first-order valence-electron chi connectivity index (χ1n) is 22.3. The summed E-state index contributed by atoms with van der Waals surface area (Å²) in [6, 6.07) is 6.04. The van der Waals surface area contributed by atoms with Gasteiger partial charge in [-0.15, -0.1) is 0 Å². The van der Waals surface area contributed by atoms with Crippen molar-refractivity contribution in [1.82, 2.24) is 4.90 Å². The first-order chi connectivity index (χ1) is 26.5. The zero-order valence-corrected chi connectivity index (χ0v) is 35.6. The Kier molecular flexibility index (Phi) is 33.9. The molecule has 1 aromatic rings. The molecule has 0 saturated heterocycles. The first kappa shape index (κ1) is 49.2. The highest BCUT2D eigenvalue weighted by atomic mass is 16.5. The monoisotopic (exact) mass is 750 g/mol. The molecule has 308 valence electrons. The summed E-state index contributed by atoms with van der Waals surface area (Å²) in [7, 11) is 3.98. The molecule has 0 saturated carbocycles. The van der Waals surface area contributed by atoms with Crippen molar-refractivity contribution in [3.8, 4) is 11.5 Å². The molecule has 1 N–H and O–H groups in total. The molecule has 1 unspecified atom stereocenters. The fraction of sp³-hybridized carbons (Fsp3) is 0.694. The number of benzene rings is 1. The van der Waals surface area contributed by atoms with Gasteiger partial charge >= 0.3 is 5.97 Å². The molecule has 1 aromatic carbocycles. The third kappa shape index (κ3) is 31.5. The van der Waals surface area contributed by atoms with Crippen molar-refractivity contribution in [3.63, 3.8) is 0 Å². The highest BCUT2D eigenvalue weighted by Gasteiger charge is 2.19. The average Bonchev–Trinajstić information content (AvgIpc) is 3.15. The fourth-order valence-corrected chi connectivity index (χ4v) is 6.49. The molecule has 0 aromatic heterocycles. The van der Waals surface area contributed by atoms with E-state index in [0.29, 0.717) is 26.1 Å². The summed E-state index contributed by atoms with van der Waals surface area (Å²) in [4.78, 5) is 14.1. The highest BCUT2D eigenvalue weighted by molar-refractivity contribution is 5.70. The SMILES string of the molecule is CCCCC/C=C\C/C=C\CCCCCCCCOc1cc(CC(CCN(C)C)C(=O)O)cc(OCCCCCCCC/C=C\C/C=C\CCCCC)c1. The normalized spacial score (nSPS) is 12.7. The van der Waals surface area contributed by atoms with E-state index in [1.807, 2.05) is 37.2 Å². The number of ether oxygens (including phenoxy) is 2. The second-order valence-electron chi connectivity index (χ2n) is 15.5. The maximum atomic E-state index is 12.1. The van der Waals surface area contributed by atoms with Crippen molar-refractivity contribution in [1.29, 1.82) is 0 Å². The Balaban J connectivity index is 2.39. The van der Waals surface area contributed by atoms with Gasteiger partial charge in [0.05, 0.1) is 19.1 Å². The second-order valence-corrected chi connectivity index (χ2v) is 15.5. The van der Waals surface area contributed by atoms with Gasteiger partial charge < -0.3 is 19.5 Å². The molecule has 1 rings (SSSR count). The number of hydrogen-bond acceptors (Lipinski definition) is 4. The lowest BCUT2D eigenvalue weighted by molar-refractivity contribution is -0.142. The van der Waals surface area contributed by atoms with Crippen molar-refractivity contribution < 1.29 is 19.4 Å². The van der Waals surface area contributed by atoms with Gasteiger partial charge in [0.2, 0.25) is 0 Å². The molecular formula is C49H83NO4. The van der Waals surface area contributed by atoms with Crippen LogP contribution in [0.5, 0.6) is 11.5 Å². The van der Waals surface area contributed by atoms with Crippen LogP contribution in [-0.2, 0) is 11.2 Å². The molecule has 0 fully saturated rings.